The summed E-state index contributed by atoms with van der Waals surface area (Å²) in [5, 5.41) is 0. The van der Waals surface area contributed by atoms with Crippen molar-refractivity contribution < 1.29 is 14.3 Å². The number of hydrogen-bond donors (Lipinski definition) is 0. The van der Waals surface area contributed by atoms with Crippen LogP contribution in [0, 0.1) is 3.57 Å². The van der Waals surface area contributed by atoms with Gasteiger partial charge in [0.15, 0.2) is 0 Å². The Balaban J connectivity index is 1.91. The Morgan fingerprint density at radius 3 is 2.65 bits per heavy atom. The molecule has 0 spiro atoms. The number of benzene rings is 1. The topological polar surface area (TPSA) is 35.5 Å². The molecule has 0 aliphatic carbocycles. The van der Waals surface area contributed by atoms with E-state index in [1.165, 1.54) is 0 Å². The zero-order valence-corrected chi connectivity index (χ0v) is 11.8. The van der Waals surface area contributed by atoms with E-state index in [0.717, 1.165) is 16.4 Å². The Hall–Kier alpha value is -0.620. The van der Waals surface area contributed by atoms with Crippen LogP contribution in [-0.2, 0) is 9.47 Å². The van der Waals surface area contributed by atoms with E-state index in [1.54, 1.807) is 12.1 Å². The summed E-state index contributed by atoms with van der Waals surface area (Å²) < 4.78 is 12.0. The van der Waals surface area contributed by atoms with Gasteiger partial charge in [-0.25, -0.2) is 4.79 Å². The standard InChI is InChI=1S/C13H15IO3/c1-9-2-7-12(8-16-9)17-13(15)10-3-5-11(14)6-4-10/h3-6,9,12H,2,7-8H2,1H3. The van der Waals surface area contributed by atoms with Gasteiger partial charge >= 0.3 is 5.97 Å². The highest BCUT2D eigenvalue weighted by atomic mass is 127. The summed E-state index contributed by atoms with van der Waals surface area (Å²) in [5.74, 6) is -0.260. The van der Waals surface area contributed by atoms with Gasteiger partial charge in [-0.05, 0) is 66.6 Å². The van der Waals surface area contributed by atoms with E-state index < -0.39 is 0 Å². The van der Waals surface area contributed by atoms with Gasteiger partial charge in [0.1, 0.15) is 6.10 Å². The molecular formula is C13H15IO3. The van der Waals surface area contributed by atoms with E-state index in [9.17, 15) is 4.79 Å². The van der Waals surface area contributed by atoms with E-state index in [4.69, 9.17) is 9.47 Å². The molecule has 0 radical (unpaired) electrons. The number of esters is 1. The van der Waals surface area contributed by atoms with Gasteiger partial charge in [-0.15, -0.1) is 0 Å². The van der Waals surface area contributed by atoms with Crippen molar-refractivity contribution in [1.29, 1.82) is 0 Å². The molecule has 0 amide bonds. The van der Waals surface area contributed by atoms with Crippen molar-refractivity contribution in [3.8, 4) is 0 Å². The van der Waals surface area contributed by atoms with Crippen molar-refractivity contribution in [3.63, 3.8) is 0 Å². The quantitative estimate of drug-likeness (QED) is 0.610. The van der Waals surface area contributed by atoms with Crippen LogP contribution in [0.25, 0.3) is 0 Å². The molecule has 0 N–H and O–H groups in total. The summed E-state index contributed by atoms with van der Waals surface area (Å²) in [6.45, 7) is 2.55. The van der Waals surface area contributed by atoms with E-state index in [1.807, 2.05) is 19.1 Å². The van der Waals surface area contributed by atoms with Gasteiger partial charge in [-0.2, -0.15) is 0 Å². The van der Waals surface area contributed by atoms with Gasteiger partial charge in [0.05, 0.1) is 18.3 Å². The molecule has 2 unspecified atom stereocenters. The molecule has 0 aromatic heterocycles. The van der Waals surface area contributed by atoms with Gasteiger partial charge in [0, 0.05) is 3.57 Å². The molecule has 1 aliphatic heterocycles. The third kappa shape index (κ3) is 3.67. The lowest BCUT2D eigenvalue weighted by atomic mass is 10.1. The Kier molecular flexibility index (Phi) is 4.39. The van der Waals surface area contributed by atoms with Crippen LogP contribution in [0.5, 0.6) is 0 Å². The highest BCUT2D eigenvalue weighted by molar-refractivity contribution is 14.1. The first-order valence-corrected chi connectivity index (χ1v) is 6.81. The minimum atomic E-state index is -0.260. The molecule has 17 heavy (non-hydrogen) atoms. The van der Waals surface area contributed by atoms with Gasteiger partial charge in [-0.1, -0.05) is 0 Å². The maximum absolute atomic E-state index is 11.8. The lowest BCUT2D eigenvalue weighted by molar-refractivity contribution is -0.0602. The summed E-state index contributed by atoms with van der Waals surface area (Å²) in [7, 11) is 0. The largest absolute Gasteiger partial charge is 0.456 e. The first-order chi connectivity index (χ1) is 8.15. The van der Waals surface area contributed by atoms with Crippen molar-refractivity contribution in [2.75, 3.05) is 6.61 Å². The van der Waals surface area contributed by atoms with Crippen LogP contribution in [0.1, 0.15) is 30.1 Å². The summed E-state index contributed by atoms with van der Waals surface area (Å²) in [5.41, 5.74) is 0.601. The molecule has 1 aromatic carbocycles. The van der Waals surface area contributed by atoms with E-state index in [0.29, 0.717) is 12.2 Å². The Bertz CT molecular complexity index is 380. The highest BCUT2D eigenvalue weighted by Gasteiger charge is 2.22. The molecule has 3 nitrogen and oxygen atoms in total. The minimum absolute atomic E-state index is 0.0991. The summed E-state index contributed by atoms with van der Waals surface area (Å²) >= 11 is 2.21. The van der Waals surface area contributed by atoms with Crippen LogP contribution >= 0.6 is 22.6 Å². The Morgan fingerprint density at radius 2 is 2.06 bits per heavy atom. The number of ether oxygens (including phenoxy) is 2. The predicted octanol–water partition coefficient (Wildman–Crippen LogP) is 3.02. The first-order valence-electron chi connectivity index (χ1n) is 5.73. The van der Waals surface area contributed by atoms with Gasteiger partial charge in [0.25, 0.3) is 0 Å². The zero-order chi connectivity index (χ0) is 12.3. The SMILES string of the molecule is CC1CCC(OC(=O)c2ccc(I)cc2)CO1. The van der Waals surface area contributed by atoms with E-state index in [2.05, 4.69) is 22.6 Å². The molecule has 4 heteroatoms. The molecule has 1 aliphatic rings. The molecule has 1 saturated heterocycles. The van der Waals surface area contributed by atoms with Crippen LogP contribution in [0.3, 0.4) is 0 Å². The number of hydrogen-bond acceptors (Lipinski definition) is 3. The highest BCUT2D eigenvalue weighted by Crippen LogP contribution is 2.17. The van der Waals surface area contributed by atoms with Crippen LogP contribution in [0.2, 0.25) is 0 Å². The van der Waals surface area contributed by atoms with Crippen LogP contribution in [0.4, 0.5) is 0 Å². The van der Waals surface area contributed by atoms with Crippen molar-refractivity contribution in [2.24, 2.45) is 0 Å². The van der Waals surface area contributed by atoms with Crippen molar-refractivity contribution >= 4 is 28.6 Å². The molecule has 1 fully saturated rings. The van der Waals surface area contributed by atoms with E-state index >= 15 is 0 Å². The van der Waals surface area contributed by atoms with Gasteiger partial charge in [-0.3, -0.25) is 0 Å². The van der Waals surface area contributed by atoms with Gasteiger partial charge in [0.2, 0.25) is 0 Å². The monoisotopic (exact) mass is 346 g/mol. The number of rotatable bonds is 2. The smallest absolute Gasteiger partial charge is 0.338 e. The second-order valence-corrected chi connectivity index (χ2v) is 5.50. The summed E-state index contributed by atoms with van der Waals surface area (Å²) in [6, 6.07) is 7.38. The second kappa shape index (κ2) is 5.82. The van der Waals surface area contributed by atoms with Crippen molar-refractivity contribution in [2.45, 2.75) is 32.0 Å². The minimum Gasteiger partial charge on any atom is -0.456 e. The lowest BCUT2D eigenvalue weighted by Crippen LogP contribution is -2.31. The second-order valence-electron chi connectivity index (χ2n) is 4.26. The fourth-order valence-corrected chi connectivity index (χ4v) is 2.12. The number of carbonyl (C=O) groups excluding carboxylic acids is 1. The van der Waals surface area contributed by atoms with Crippen molar-refractivity contribution in [3.05, 3.63) is 33.4 Å². The number of carbonyl (C=O) groups is 1. The van der Waals surface area contributed by atoms with E-state index in [-0.39, 0.29) is 18.2 Å². The lowest BCUT2D eigenvalue weighted by Gasteiger charge is -2.26. The fourth-order valence-electron chi connectivity index (χ4n) is 1.76. The predicted molar refractivity (Wildman–Crippen MR) is 73.0 cm³/mol. The zero-order valence-electron chi connectivity index (χ0n) is 9.69. The average molecular weight is 346 g/mol. The van der Waals surface area contributed by atoms with Gasteiger partial charge < -0.3 is 9.47 Å². The third-order valence-corrected chi connectivity index (χ3v) is 3.53. The summed E-state index contributed by atoms with van der Waals surface area (Å²) in [6.07, 6.45) is 2.02. The molecule has 1 aromatic rings. The summed E-state index contributed by atoms with van der Waals surface area (Å²) in [4.78, 5) is 11.8. The Morgan fingerprint density at radius 1 is 1.35 bits per heavy atom. The molecule has 92 valence electrons. The molecule has 0 bridgehead atoms. The molecule has 0 saturated carbocycles. The third-order valence-electron chi connectivity index (χ3n) is 2.82. The van der Waals surface area contributed by atoms with Crippen LogP contribution in [-0.4, -0.2) is 24.8 Å². The number of halogens is 1. The fraction of sp³-hybridized carbons (Fsp3) is 0.462. The normalized spacial score (nSPS) is 24.4. The maximum atomic E-state index is 11.8. The molecular weight excluding hydrogens is 331 g/mol. The molecule has 2 atom stereocenters. The van der Waals surface area contributed by atoms with Crippen LogP contribution in [0.15, 0.2) is 24.3 Å². The molecule has 1 heterocycles. The van der Waals surface area contributed by atoms with Crippen LogP contribution < -0.4 is 0 Å². The Labute approximate surface area is 115 Å². The first kappa shape index (κ1) is 12.8. The average Bonchev–Trinajstić information content (AvgIpc) is 2.33. The maximum Gasteiger partial charge on any atom is 0.338 e. The van der Waals surface area contributed by atoms with Crippen molar-refractivity contribution in [1.82, 2.24) is 0 Å². The molecule has 2 rings (SSSR count).